The van der Waals surface area contributed by atoms with E-state index in [1.807, 2.05) is 0 Å². The number of nitrogens with zero attached hydrogens (tertiary/aromatic N) is 2. The highest BCUT2D eigenvalue weighted by molar-refractivity contribution is 6.01. The lowest BCUT2D eigenvalue weighted by atomic mass is 10.2. The smallest absolute Gasteiger partial charge is 0.340 e. The van der Waals surface area contributed by atoms with Gasteiger partial charge in [-0.2, -0.15) is 0 Å². The van der Waals surface area contributed by atoms with Crippen LogP contribution in [-0.2, 0) is 9.53 Å². The van der Waals surface area contributed by atoms with Crippen LogP contribution < -0.4 is 10.1 Å². The van der Waals surface area contributed by atoms with Gasteiger partial charge in [0.1, 0.15) is 5.75 Å². The number of hydrogen-bond acceptors (Lipinski definition) is 7. The van der Waals surface area contributed by atoms with Crippen molar-refractivity contribution in [1.82, 2.24) is 10.2 Å². The summed E-state index contributed by atoms with van der Waals surface area (Å²) in [6, 6.07) is 13.6. The molecule has 8 heteroatoms. The second-order valence-electron chi connectivity index (χ2n) is 5.75. The third-order valence-corrected chi connectivity index (χ3v) is 3.69. The standard InChI is InChI=1S/C20H19N3O5/c1-3-26-20(25)16-6-4-5-7-17(16)21-18(24)12-27-15-10-8-14(9-11-15)19-23-22-13(2)28-19/h4-11H,3,12H2,1-2H3,(H,21,24). The Balaban J connectivity index is 1.58. The predicted molar refractivity (Wildman–Crippen MR) is 101 cm³/mol. The maximum absolute atomic E-state index is 12.2. The number of aryl methyl sites for hydroxylation is 1. The van der Waals surface area contributed by atoms with Crippen LogP contribution >= 0.6 is 0 Å². The Bertz CT molecular complexity index is 966. The molecule has 0 spiro atoms. The average Bonchev–Trinajstić information content (AvgIpc) is 3.14. The van der Waals surface area contributed by atoms with E-state index in [1.165, 1.54) is 0 Å². The predicted octanol–water partition coefficient (Wildman–Crippen LogP) is 3.24. The summed E-state index contributed by atoms with van der Waals surface area (Å²) in [5.41, 5.74) is 1.41. The van der Waals surface area contributed by atoms with Crippen molar-refractivity contribution in [3.8, 4) is 17.2 Å². The van der Waals surface area contributed by atoms with Crippen LogP contribution in [-0.4, -0.2) is 35.3 Å². The van der Waals surface area contributed by atoms with Crippen LogP contribution in [0.5, 0.6) is 5.75 Å². The third kappa shape index (κ3) is 4.73. The fourth-order valence-corrected chi connectivity index (χ4v) is 2.42. The Morgan fingerprint density at radius 1 is 1.07 bits per heavy atom. The number of para-hydroxylation sites is 1. The molecule has 144 valence electrons. The van der Waals surface area contributed by atoms with Gasteiger partial charge in [0.05, 0.1) is 17.9 Å². The molecule has 0 bridgehead atoms. The molecule has 1 N–H and O–H groups in total. The normalized spacial score (nSPS) is 10.4. The van der Waals surface area contributed by atoms with Crippen LogP contribution in [0.2, 0.25) is 0 Å². The molecular formula is C20H19N3O5. The van der Waals surface area contributed by atoms with E-state index in [0.29, 0.717) is 23.2 Å². The number of carbonyl (C=O) groups is 2. The van der Waals surface area contributed by atoms with Crippen molar-refractivity contribution in [2.45, 2.75) is 13.8 Å². The lowest BCUT2D eigenvalue weighted by Gasteiger charge is -2.11. The minimum absolute atomic E-state index is 0.212. The Morgan fingerprint density at radius 3 is 2.50 bits per heavy atom. The van der Waals surface area contributed by atoms with E-state index in [4.69, 9.17) is 13.9 Å². The summed E-state index contributed by atoms with van der Waals surface area (Å²) in [6.07, 6.45) is 0. The Morgan fingerprint density at radius 2 is 1.82 bits per heavy atom. The van der Waals surface area contributed by atoms with Gasteiger partial charge in [-0.3, -0.25) is 4.79 Å². The largest absolute Gasteiger partial charge is 0.484 e. The second kappa shape index (κ2) is 8.81. The van der Waals surface area contributed by atoms with Crippen molar-refractivity contribution < 1.29 is 23.5 Å². The molecule has 0 unspecified atom stereocenters. The molecule has 0 saturated heterocycles. The summed E-state index contributed by atoms with van der Waals surface area (Å²) >= 11 is 0. The number of nitrogens with one attached hydrogen (secondary N) is 1. The van der Waals surface area contributed by atoms with Gasteiger partial charge >= 0.3 is 5.97 Å². The average molecular weight is 381 g/mol. The summed E-state index contributed by atoms with van der Waals surface area (Å²) < 4.78 is 15.8. The van der Waals surface area contributed by atoms with Crippen molar-refractivity contribution in [2.75, 3.05) is 18.5 Å². The fourth-order valence-electron chi connectivity index (χ4n) is 2.42. The summed E-state index contributed by atoms with van der Waals surface area (Å²) in [4.78, 5) is 24.1. The molecule has 0 fully saturated rings. The van der Waals surface area contributed by atoms with Gasteiger partial charge < -0.3 is 19.2 Å². The van der Waals surface area contributed by atoms with Crippen LogP contribution in [0.25, 0.3) is 11.5 Å². The molecule has 0 radical (unpaired) electrons. The van der Waals surface area contributed by atoms with Gasteiger partial charge in [-0.15, -0.1) is 10.2 Å². The van der Waals surface area contributed by atoms with E-state index < -0.39 is 11.9 Å². The molecule has 1 heterocycles. The first-order chi connectivity index (χ1) is 13.6. The second-order valence-corrected chi connectivity index (χ2v) is 5.75. The maximum Gasteiger partial charge on any atom is 0.340 e. The molecule has 1 amide bonds. The van der Waals surface area contributed by atoms with Crippen molar-refractivity contribution in [3.05, 3.63) is 60.0 Å². The lowest BCUT2D eigenvalue weighted by molar-refractivity contribution is -0.118. The first-order valence-electron chi connectivity index (χ1n) is 8.66. The summed E-state index contributed by atoms with van der Waals surface area (Å²) in [5.74, 6) is 0.515. The molecule has 0 saturated carbocycles. The first-order valence-corrected chi connectivity index (χ1v) is 8.66. The Labute approximate surface area is 161 Å². The molecule has 0 aliphatic rings. The number of hydrogen-bond donors (Lipinski definition) is 1. The van der Waals surface area contributed by atoms with Gasteiger partial charge in [0, 0.05) is 12.5 Å². The number of anilines is 1. The summed E-state index contributed by atoms with van der Waals surface area (Å²) in [7, 11) is 0. The number of aromatic nitrogens is 2. The number of esters is 1. The fraction of sp³-hybridized carbons (Fsp3) is 0.200. The van der Waals surface area contributed by atoms with Gasteiger partial charge in [0.2, 0.25) is 11.8 Å². The number of carbonyl (C=O) groups excluding carboxylic acids is 2. The van der Waals surface area contributed by atoms with Crippen LogP contribution in [0.4, 0.5) is 5.69 Å². The van der Waals surface area contributed by atoms with Gasteiger partial charge in [0.15, 0.2) is 6.61 Å². The van der Waals surface area contributed by atoms with Gasteiger partial charge in [-0.25, -0.2) is 4.79 Å². The molecule has 0 aliphatic carbocycles. The Kier molecular flexibility index (Phi) is 6.01. The van der Waals surface area contributed by atoms with Gasteiger partial charge in [0.25, 0.3) is 5.91 Å². The monoisotopic (exact) mass is 381 g/mol. The number of rotatable bonds is 7. The minimum atomic E-state index is -0.494. The highest BCUT2D eigenvalue weighted by Gasteiger charge is 2.14. The van der Waals surface area contributed by atoms with Crippen molar-refractivity contribution in [1.29, 1.82) is 0 Å². The molecule has 8 nitrogen and oxygen atoms in total. The molecular weight excluding hydrogens is 362 g/mol. The van der Waals surface area contributed by atoms with E-state index >= 15 is 0 Å². The van der Waals surface area contributed by atoms with Crippen molar-refractivity contribution in [2.24, 2.45) is 0 Å². The van der Waals surface area contributed by atoms with Crippen LogP contribution in [0.3, 0.4) is 0 Å². The zero-order chi connectivity index (χ0) is 19.9. The molecule has 1 aromatic heterocycles. The quantitative estimate of drug-likeness (QED) is 0.627. The zero-order valence-electron chi connectivity index (χ0n) is 15.5. The van der Waals surface area contributed by atoms with Crippen LogP contribution in [0.15, 0.2) is 52.9 Å². The highest BCUT2D eigenvalue weighted by atomic mass is 16.5. The SMILES string of the molecule is CCOC(=O)c1ccccc1NC(=O)COc1ccc(-c2nnc(C)o2)cc1. The van der Waals surface area contributed by atoms with Crippen molar-refractivity contribution in [3.63, 3.8) is 0 Å². The van der Waals surface area contributed by atoms with E-state index in [9.17, 15) is 9.59 Å². The molecule has 3 rings (SSSR count). The van der Waals surface area contributed by atoms with E-state index in [2.05, 4.69) is 15.5 Å². The topological polar surface area (TPSA) is 104 Å². The number of amides is 1. The van der Waals surface area contributed by atoms with E-state index in [0.717, 1.165) is 5.56 Å². The molecule has 2 aromatic carbocycles. The first kappa shape index (κ1) is 19.1. The third-order valence-electron chi connectivity index (χ3n) is 3.69. The van der Waals surface area contributed by atoms with Crippen LogP contribution in [0.1, 0.15) is 23.2 Å². The van der Waals surface area contributed by atoms with E-state index in [-0.39, 0.29) is 18.8 Å². The van der Waals surface area contributed by atoms with Crippen molar-refractivity contribution >= 4 is 17.6 Å². The van der Waals surface area contributed by atoms with Gasteiger partial charge in [-0.05, 0) is 43.3 Å². The maximum atomic E-state index is 12.2. The number of ether oxygens (including phenoxy) is 2. The molecule has 28 heavy (non-hydrogen) atoms. The van der Waals surface area contributed by atoms with Gasteiger partial charge in [-0.1, -0.05) is 12.1 Å². The minimum Gasteiger partial charge on any atom is -0.484 e. The molecule has 0 atom stereocenters. The van der Waals surface area contributed by atoms with Crippen LogP contribution in [0, 0.1) is 6.92 Å². The number of benzene rings is 2. The zero-order valence-corrected chi connectivity index (χ0v) is 15.5. The summed E-state index contributed by atoms with van der Waals surface area (Å²) in [5, 5.41) is 10.4. The van der Waals surface area contributed by atoms with E-state index in [1.54, 1.807) is 62.4 Å². The summed E-state index contributed by atoms with van der Waals surface area (Å²) in [6.45, 7) is 3.48. The molecule has 0 aliphatic heterocycles. The lowest BCUT2D eigenvalue weighted by Crippen LogP contribution is -2.22. The highest BCUT2D eigenvalue weighted by Crippen LogP contribution is 2.21. The Hall–Kier alpha value is -3.68. The molecule has 3 aromatic rings.